The Bertz CT molecular complexity index is 2410. The van der Waals surface area contributed by atoms with Crippen LogP contribution in [0.4, 0.5) is 0 Å². The van der Waals surface area contributed by atoms with E-state index in [2.05, 4.69) is 118 Å². The maximum atomic E-state index is 4.83. The van der Waals surface area contributed by atoms with Gasteiger partial charge in [-0.15, -0.1) is 10.2 Å². The summed E-state index contributed by atoms with van der Waals surface area (Å²) in [7, 11) is 0. The van der Waals surface area contributed by atoms with Gasteiger partial charge in [0.25, 0.3) is 0 Å². The molecule has 9 aromatic rings. The van der Waals surface area contributed by atoms with Crippen molar-refractivity contribution in [1.29, 1.82) is 0 Å². The number of hydrogen-bond donors (Lipinski definition) is 0. The average Bonchev–Trinajstić information content (AvgIpc) is 3.71. The number of aromatic nitrogens is 5. The number of rotatable bonds is 3. The SMILES string of the molecule is c1ccc(-n2nc3ccc(-n4c5ccccc5c5c6c7ccccc7n(-c7ccccc7)c6ccc54)cc3n2)cc1. The summed E-state index contributed by atoms with van der Waals surface area (Å²) in [5, 5.41) is 14.6. The third kappa shape index (κ3) is 3.17. The van der Waals surface area contributed by atoms with Crippen LogP contribution in [0, 0.1) is 0 Å². The maximum absolute atomic E-state index is 4.83. The Balaban J connectivity index is 1.36. The Kier molecular flexibility index (Phi) is 4.55. The Morgan fingerprint density at radius 2 is 0.878 bits per heavy atom. The normalized spacial score (nSPS) is 11.9. The molecule has 0 aliphatic heterocycles. The molecule has 0 unspecified atom stereocenters. The molecule has 0 N–H and O–H groups in total. The number of hydrogen-bond acceptors (Lipinski definition) is 2. The molecule has 5 nitrogen and oxygen atoms in total. The molecule has 6 aromatic carbocycles. The van der Waals surface area contributed by atoms with E-state index in [-0.39, 0.29) is 0 Å². The van der Waals surface area contributed by atoms with E-state index in [9.17, 15) is 0 Å². The smallest absolute Gasteiger partial charge is 0.115 e. The van der Waals surface area contributed by atoms with Gasteiger partial charge in [-0.3, -0.25) is 0 Å². The summed E-state index contributed by atoms with van der Waals surface area (Å²) in [6.45, 7) is 0. The van der Waals surface area contributed by atoms with E-state index in [1.165, 1.54) is 43.6 Å². The molecule has 0 saturated carbocycles. The van der Waals surface area contributed by atoms with Gasteiger partial charge in [0, 0.05) is 32.9 Å². The van der Waals surface area contributed by atoms with Gasteiger partial charge >= 0.3 is 0 Å². The highest BCUT2D eigenvalue weighted by Crippen LogP contribution is 2.42. The quantitative estimate of drug-likeness (QED) is 0.232. The number of para-hydroxylation sites is 4. The standard InChI is InChI=1S/C36H23N5/c1-3-11-24(12-4-1)39-31-17-9-7-15-27(31)35-33(39)21-22-34-36(35)28-16-8-10-18-32(28)40(34)26-19-20-29-30(23-26)38-41(37-29)25-13-5-2-6-14-25/h1-23H. The van der Waals surface area contributed by atoms with Crippen molar-refractivity contribution in [2.24, 2.45) is 0 Å². The highest BCUT2D eigenvalue weighted by molar-refractivity contribution is 6.28. The molecule has 9 rings (SSSR count). The summed E-state index contributed by atoms with van der Waals surface area (Å²) in [4.78, 5) is 1.71. The van der Waals surface area contributed by atoms with E-state index < -0.39 is 0 Å². The summed E-state index contributed by atoms with van der Waals surface area (Å²) in [6.07, 6.45) is 0. The molecule has 0 aliphatic rings. The average molecular weight is 526 g/mol. The van der Waals surface area contributed by atoms with Crippen molar-refractivity contribution in [3.05, 3.63) is 140 Å². The Labute approximate surface area is 235 Å². The van der Waals surface area contributed by atoms with Gasteiger partial charge in [-0.25, -0.2) is 0 Å². The van der Waals surface area contributed by atoms with E-state index in [4.69, 9.17) is 10.2 Å². The molecule has 0 spiro atoms. The molecule has 192 valence electrons. The van der Waals surface area contributed by atoms with Gasteiger partial charge in [0.05, 0.1) is 27.8 Å². The van der Waals surface area contributed by atoms with Gasteiger partial charge in [0.2, 0.25) is 0 Å². The van der Waals surface area contributed by atoms with Crippen LogP contribution in [0.5, 0.6) is 0 Å². The van der Waals surface area contributed by atoms with Crippen LogP contribution in [0.15, 0.2) is 140 Å². The maximum Gasteiger partial charge on any atom is 0.115 e. The minimum Gasteiger partial charge on any atom is -0.309 e. The molecule has 0 bridgehead atoms. The fraction of sp³-hybridized carbons (Fsp3) is 0. The predicted octanol–water partition coefficient (Wildman–Crippen LogP) is 8.61. The molecule has 41 heavy (non-hydrogen) atoms. The summed E-state index contributed by atoms with van der Waals surface area (Å²) in [5.74, 6) is 0. The third-order valence-corrected chi connectivity index (χ3v) is 8.10. The van der Waals surface area contributed by atoms with Crippen LogP contribution >= 0.6 is 0 Å². The van der Waals surface area contributed by atoms with Gasteiger partial charge in [-0.2, -0.15) is 4.80 Å². The van der Waals surface area contributed by atoms with E-state index >= 15 is 0 Å². The van der Waals surface area contributed by atoms with Gasteiger partial charge in [-0.1, -0.05) is 72.8 Å². The first-order chi connectivity index (χ1) is 20.3. The Hall–Kier alpha value is -5.68. The van der Waals surface area contributed by atoms with Gasteiger partial charge in [0.15, 0.2) is 0 Å². The lowest BCUT2D eigenvalue weighted by atomic mass is 10.1. The van der Waals surface area contributed by atoms with Crippen LogP contribution in [0.25, 0.3) is 71.7 Å². The van der Waals surface area contributed by atoms with Crippen molar-refractivity contribution >= 4 is 54.6 Å². The molecular formula is C36H23N5. The van der Waals surface area contributed by atoms with E-state index in [0.29, 0.717) is 0 Å². The lowest BCUT2D eigenvalue weighted by Crippen LogP contribution is -1.97. The Morgan fingerprint density at radius 1 is 0.366 bits per heavy atom. The fourth-order valence-corrected chi connectivity index (χ4v) is 6.37. The molecule has 3 aromatic heterocycles. The first-order valence-corrected chi connectivity index (χ1v) is 13.8. The summed E-state index contributed by atoms with van der Waals surface area (Å²) >= 11 is 0. The van der Waals surface area contributed by atoms with E-state index in [0.717, 1.165) is 28.1 Å². The zero-order valence-corrected chi connectivity index (χ0v) is 22.0. The van der Waals surface area contributed by atoms with Crippen molar-refractivity contribution in [2.75, 3.05) is 0 Å². The van der Waals surface area contributed by atoms with Gasteiger partial charge in [-0.05, 0) is 66.7 Å². The highest BCUT2D eigenvalue weighted by Gasteiger charge is 2.20. The zero-order valence-electron chi connectivity index (χ0n) is 22.0. The fourth-order valence-electron chi connectivity index (χ4n) is 6.37. The summed E-state index contributed by atoms with van der Waals surface area (Å²) < 4.78 is 4.74. The molecule has 0 fully saturated rings. The summed E-state index contributed by atoms with van der Waals surface area (Å²) in [6, 6.07) is 49.0. The molecule has 0 amide bonds. The lowest BCUT2D eigenvalue weighted by Gasteiger charge is -2.09. The zero-order chi connectivity index (χ0) is 26.9. The second-order valence-electron chi connectivity index (χ2n) is 10.4. The van der Waals surface area contributed by atoms with Crippen LogP contribution in [-0.4, -0.2) is 24.1 Å². The highest BCUT2D eigenvalue weighted by atomic mass is 15.5. The second-order valence-corrected chi connectivity index (χ2v) is 10.4. The molecule has 0 radical (unpaired) electrons. The molecular weight excluding hydrogens is 502 g/mol. The first kappa shape index (κ1) is 22.2. The van der Waals surface area contributed by atoms with Gasteiger partial charge in [0.1, 0.15) is 11.0 Å². The van der Waals surface area contributed by atoms with E-state index in [1.807, 2.05) is 30.3 Å². The molecule has 5 heteroatoms. The topological polar surface area (TPSA) is 40.6 Å². The first-order valence-electron chi connectivity index (χ1n) is 13.8. The largest absolute Gasteiger partial charge is 0.309 e. The Morgan fingerprint density at radius 3 is 1.51 bits per heavy atom. The molecule has 0 atom stereocenters. The van der Waals surface area contributed by atoms with Crippen LogP contribution in [0.1, 0.15) is 0 Å². The second kappa shape index (κ2) is 8.41. The summed E-state index contributed by atoms with van der Waals surface area (Å²) in [5.41, 5.74) is 9.64. The molecule has 0 saturated heterocycles. The van der Waals surface area contributed by atoms with Crippen LogP contribution < -0.4 is 0 Å². The minimum absolute atomic E-state index is 0.860. The number of benzene rings is 6. The van der Waals surface area contributed by atoms with Crippen molar-refractivity contribution in [3.8, 4) is 17.1 Å². The van der Waals surface area contributed by atoms with Crippen LogP contribution in [0.2, 0.25) is 0 Å². The van der Waals surface area contributed by atoms with Crippen LogP contribution in [0.3, 0.4) is 0 Å². The van der Waals surface area contributed by atoms with Crippen molar-refractivity contribution in [1.82, 2.24) is 24.1 Å². The minimum atomic E-state index is 0.860. The van der Waals surface area contributed by atoms with Crippen LogP contribution in [-0.2, 0) is 0 Å². The van der Waals surface area contributed by atoms with Gasteiger partial charge < -0.3 is 9.13 Å². The van der Waals surface area contributed by atoms with Crippen molar-refractivity contribution < 1.29 is 0 Å². The molecule has 0 aliphatic carbocycles. The monoisotopic (exact) mass is 525 g/mol. The molecule has 3 heterocycles. The van der Waals surface area contributed by atoms with E-state index in [1.54, 1.807) is 4.80 Å². The van der Waals surface area contributed by atoms with Crippen molar-refractivity contribution in [2.45, 2.75) is 0 Å². The third-order valence-electron chi connectivity index (χ3n) is 8.10. The number of nitrogens with zero attached hydrogens (tertiary/aromatic N) is 5. The number of fused-ring (bicyclic) bond motifs is 8. The lowest BCUT2D eigenvalue weighted by molar-refractivity contribution is 0.766. The predicted molar refractivity (Wildman–Crippen MR) is 168 cm³/mol. The van der Waals surface area contributed by atoms with Crippen molar-refractivity contribution in [3.63, 3.8) is 0 Å².